The van der Waals surface area contributed by atoms with Crippen LogP contribution in [0.2, 0.25) is 0 Å². The first-order chi connectivity index (χ1) is 11.2. The predicted molar refractivity (Wildman–Crippen MR) is 97.1 cm³/mol. The first kappa shape index (κ1) is 16.3. The van der Waals surface area contributed by atoms with Crippen molar-refractivity contribution >= 4 is 10.8 Å². The summed E-state index contributed by atoms with van der Waals surface area (Å²) in [5.41, 5.74) is 1.44. The highest BCUT2D eigenvalue weighted by Gasteiger charge is 2.23. The summed E-state index contributed by atoms with van der Waals surface area (Å²) in [6, 6.07) is 13.8. The molecule has 1 N–H and O–H groups in total. The molecule has 1 atom stereocenters. The minimum absolute atomic E-state index is 0.517. The molecule has 3 heteroatoms. The van der Waals surface area contributed by atoms with Crippen LogP contribution in [0.15, 0.2) is 36.4 Å². The van der Waals surface area contributed by atoms with E-state index in [0.717, 1.165) is 31.9 Å². The van der Waals surface area contributed by atoms with Crippen LogP contribution in [0, 0.1) is 5.92 Å². The second kappa shape index (κ2) is 7.33. The van der Waals surface area contributed by atoms with Gasteiger partial charge >= 0.3 is 0 Å². The van der Waals surface area contributed by atoms with Crippen molar-refractivity contribution in [3.8, 4) is 5.75 Å². The minimum Gasteiger partial charge on any atom is -0.497 e. The maximum Gasteiger partial charge on any atom is 0.119 e. The Balaban J connectivity index is 1.92. The molecule has 0 bridgehead atoms. The molecule has 0 saturated carbocycles. The van der Waals surface area contributed by atoms with E-state index in [1.807, 2.05) is 6.07 Å². The Morgan fingerprint density at radius 2 is 1.74 bits per heavy atom. The average molecular weight is 312 g/mol. The van der Waals surface area contributed by atoms with Gasteiger partial charge in [-0.2, -0.15) is 0 Å². The van der Waals surface area contributed by atoms with E-state index in [4.69, 9.17) is 4.74 Å². The van der Waals surface area contributed by atoms with Crippen molar-refractivity contribution in [2.24, 2.45) is 5.92 Å². The smallest absolute Gasteiger partial charge is 0.119 e. The third-order valence-corrected chi connectivity index (χ3v) is 4.74. The molecule has 0 aromatic heterocycles. The lowest BCUT2D eigenvalue weighted by Crippen LogP contribution is -2.45. The van der Waals surface area contributed by atoms with Crippen LogP contribution in [0.1, 0.15) is 31.9 Å². The molecule has 23 heavy (non-hydrogen) atoms. The summed E-state index contributed by atoms with van der Waals surface area (Å²) in [5, 5.41) is 6.01. The third-order valence-electron chi connectivity index (χ3n) is 4.74. The highest BCUT2D eigenvalue weighted by Crippen LogP contribution is 2.31. The lowest BCUT2D eigenvalue weighted by atomic mass is 9.93. The normalized spacial score (nSPS) is 17.6. The Hall–Kier alpha value is -1.58. The van der Waals surface area contributed by atoms with Crippen molar-refractivity contribution in [1.82, 2.24) is 10.2 Å². The summed E-state index contributed by atoms with van der Waals surface area (Å²) in [7, 11) is 1.72. The fourth-order valence-corrected chi connectivity index (χ4v) is 3.51. The van der Waals surface area contributed by atoms with Gasteiger partial charge in [-0.1, -0.05) is 32.0 Å². The summed E-state index contributed by atoms with van der Waals surface area (Å²) in [6.07, 6.45) is 1.21. The van der Waals surface area contributed by atoms with E-state index in [9.17, 15) is 0 Å². The Morgan fingerprint density at radius 3 is 2.43 bits per heavy atom. The van der Waals surface area contributed by atoms with E-state index in [-0.39, 0.29) is 0 Å². The molecule has 1 aliphatic heterocycles. The highest BCUT2D eigenvalue weighted by atomic mass is 16.5. The Kier molecular flexibility index (Phi) is 5.19. The molecule has 2 aromatic rings. The topological polar surface area (TPSA) is 24.5 Å². The lowest BCUT2D eigenvalue weighted by Gasteiger charge is -2.36. The second-order valence-corrected chi connectivity index (χ2v) is 6.90. The molecule has 0 spiro atoms. The first-order valence-electron chi connectivity index (χ1n) is 8.70. The number of hydrogen-bond acceptors (Lipinski definition) is 3. The Bertz CT molecular complexity index is 647. The van der Waals surface area contributed by atoms with Crippen LogP contribution in [-0.4, -0.2) is 38.2 Å². The van der Waals surface area contributed by atoms with Gasteiger partial charge in [0.25, 0.3) is 0 Å². The van der Waals surface area contributed by atoms with Crippen molar-refractivity contribution in [3.63, 3.8) is 0 Å². The molecular weight excluding hydrogens is 284 g/mol. The van der Waals surface area contributed by atoms with Gasteiger partial charge in [-0.15, -0.1) is 0 Å². The van der Waals surface area contributed by atoms with Crippen molar-refractivity contribution in [3.05, 3.63) is 42.0 Å². The van der Waals surface area contributed by atoms with Crippen LogP contribution >= 0.6 is 0 Å². The van der Waals surface area contributed by atoms with Crippen LogP contribution < -0.4 is 10.1 Å². The number of fused-ring (bicyclic) bond motifs is 1. The summed E-state index contributed by atoms with van der Waals surface area (Å²) < 4.78 is 5.33. The second-order valence-electron chi connectivity index (χ2n) is 6.90. The number of nitrogens with zero attached hydrogens (tertiary/aromatic N) is 1. The third kappa shape index (κ3) is 3.85. The SMILES string of the molecule is COc1ccc2cc([C@@H](CC(C)C)N3CCNCC3)ccc2c1. The predicted octanol–water partition coefficient (Wildman–Crippen LogP) is 3.84. The Labute approximate surface area is 139 Å². The first-order valence-corrected chi connectivity index (χ1v) is 8.70. The lowest BCUT2D eigenvalue weighted by molar-refractivity contribution is 0.154. The summed E-state index contributed by atoms with van der Waals surface area (Å²) in [5.74, 6) is 1.62. The summed E-state index contributed by atoms with van der Waals surface area (Å²) >= 11 is 0. The molecule has 3 nitrogen and oxygen atoms in total. The molecule has 2 aromatic carbocycles. The summed E-state index contributed by atoms with van der Waals surface area (Å²) in [6.45, 7) is 9.11. The van der Waals surface area contributed by atoms with Gasteiger partial charge in [0.1, 0.15) is 5.75 Å². The Morgan fingerprint density at radius 1 is 1.04 bits per heavy atom. The van der Waals surface area contributed by atoms with Gasteiger partial charge in [-0.3, -0.25) is 4.90 Å². The fourth-order valence-electron chi connectivity index (χ4n) is 3.51. The average Bonchev–Trinajstić information content (AvgIpc) is 2.59. The summed E-state index contributed by atoms with van der Waals surface area (Å²) in [4.78, 5) is 2.64. The van der Waals surface area contributed by atoms with Gasteiger partial charge in [-0.05, 0) is 46.9 Å². The van der Waals surface area contributed by atoms with Gasteiger partial charge in [0.2, 0.25) is 0 Å². The van der Waals surface area contributed by atoms with Gasteiger partial charge < -0.3 is 10.1 Å². The van der Waals surface area contributed by atoms with Crippen LogP contribution in [0.5, 0.6) is 5.75 Å². The quantitative estimate of drug-likeness (QED) is 0.908. The number of benzene rings is 2. The van der Waals surface area contributed by atoms with Crippen molar-refractivity contribution < 1.29 is 4.74 Å². The zero-order valence-corrected chi connectivity index (χ0v) is 14.5. The molecule has 1 aliphatic rings. The van der Waals surface area contributed by atoms with E-state index in [1.165, 1.54) is 22.8 Å². The molecule has 0 aliphatic carbocycles. The van der Waals surface area contributed by atoms with Crippen LogP contribution in [0.3, 0.4) is 0 Å². The van der Waals surface area contributed by atoms with Gasteiger partial charge in [0, 0.05) is 32.2 Å². The molecule has 3 rings (SSSR count). The number of rotatable bonds is 5. The zero-order valence-electron chi connectivity index (χ0n) is 14.5. The molecular formula is C20H28N2O. The van der Waals surface area contributed by atoms with E-state index >= 15 is 0 Å². The standard InChI is InChI=1S/C20H28N2O/c1-15(2)12-20(22-10-8-21-9-11-22)18-5-4-17-14-19(23-3)7-6-16(17)13-18/h4-7,13-15,20-21H,8-12H2,1-3H3/t20-/m1/s1. The molecule has 0 radical (unpaired) electrons. The molecule has 1 heterocycles. The van der Waals surface area contributed by atoms with Crippen molar-refractivity contribution in [2.75, 3.05) is 33.3 Å². The monoisotopic (exact) mass is 312 g/mol. The van der Waals surface area contributed by atoms with E-state index < -0.39 is 0 Å². The maximum absolute atomic E-state index is 5.33. The zero-order chi connectivity index (χ0) is 16.2. The number of nitrogens with one attached hydrogen (secondary N) is 1. The van der Waals surface area contributed by atoms with E-state index in [1.54, 1.807) is 7.11 Å². The molecule has 1 fully saturated rings. The van der Waals surface area contributed by atoms with E-state index in [2.05, 4.69) is 54.4 Å². The van der Waals surface area contributed by atoms with Gasteiger partial charge in [0.15, 0.2) is 0 Å². The minimum atomic E-state index is 0.517. The van der Waals surface area contributed by atoms with Gasteiger partial charge in [0.05, 0.1) is 7.11 Å². The largest absolute Gasteiger partial charge is 0.497 e. The number of piperazine rings is 1. The van der Waals surface area contributed by atoms with Crippen LogP contribution in [0.25, 0.3) is 10.8 Å². The molecule has 124 valence electrons. The van der Waals surface area contributed by atoms with Gasteiger partial charge in [-0.25, -0.2) is 0 Å². The number of methoxy groups -OCH3 is 1. The molecule has 0 unspecified atom stereocenters. The van der Waals surface area contributed by atoms with Crippen molar-refractivity contribution in [1.29, 1.82) is 0 Å². The maximum atomic E-state index is 5.33. The number of hydrogen-bond donors (Lipinski definition) is 1. The van der Waals surface area contributed by atoms with E-state index in [0.29, 0.717) is 12.0 Å². The molecule has 1 saturated heterocycles. The van der Waals surface area contributed by atoms with Crippen molar-refractivity contribution in [2.45, 2.75) is 26.3 Å². The molecule has 0 amide bonds. The highest BCUT2D eigenvalue weighted by molar-refractivity contribution is 5.84. The van der Waals surface area contributed by atoms with Crippen LogP contribution in [0.4, 0.5) is 0 Å². The number of ether oxygens (including phenoxy) is 1. The fraction of sp³-hybridized carbons (Fsp3) is 0.500. The van der Waals surface area contributed by atoms with Crippen LogP contribution in [-0.2, 0) is 0 Å².